The quantitative estimate of drug-likeness (QED) is 0.805. The van der Waals surface area contributed by atoms with Gasteiger partial charge in [0.15, 0.2) is 0 Å². The van der Waals surface area contributed by atoms with Gasteiger partial charge in [0.1, 0.15) is 11.9 Å². The molecular weight excluding hydrogens is 185 g/mol. The van der Waals surface area contributed by atoms with E-state index in [2.05, 4.69) is 4.98 Å². The van der Waals surface area contributed by atoms with Crippen molar-refractivity contribution in [3.8, 4) is 0 Å². The Hall–Kier alpha value is -1.00. The molecule has 4 heteroatoms. The Morgan fingerprint density at radius 2 is 2.14 bits per heavy atom. The molecule has 1 atom stereocenters. The summed E-state index contributed by atoms with van der Waals surface area (Å²) in [6.45, 7) is 3.45. The fourth-order valence-electron chi connectivity index (χ4n) is 1.09. The van der Waals surface area contributed by atoms with Gasteiger partial charge >= 0.3 is 0 Å². The molecule has 0 aliphatic carbocycles. The normalized spacial score (nSPS) is 14.1. The number of rotatable bonds is 3. The van der Waals surface area contributed by atoms with Gasteiger partial charge in [0.25, 0.3) is 0 Å². The van der Waals surface area contributed by atoms with Crippen molar-refractivity contribution in [1.29, 1.82) is 0 Å². The molecule has 0 radical (unpaired) electrons. The molecule has 0 bridgehead atoms. The van der Waals surface area contributed by atoms with Crippen LogP contribution in [0.2, 0.25) is 0 Å². The zero-order chi connectivity index (χ0) is 10.8. The number of nitrogens with zero attached hydrogens (tertiary/aromatic N) is 1. The Morgan fingerprint density at radius 1 is 1.50 bits per heavy atom. The van der Waals surface area contributed by atoms with Crippen LogP contribution in [-0.4, -0.2) is 22.8 Å². The number of hydrogen-bond donors (Lipinski definition) is 1. The van der Waals surface area contributed by atoms with Crippen molar-refractivity contribution in [2.75, 3.05) is 7.11 Å². The van der Waals surface area contributed by atoms with E-state index in [4.69, 9.17) is 4.74 Å². The number of ether oxygens (including phenoxy) is 1. The maximum absolute atomic E-state index is 12.8. The van der Waals surface area contributed by atoms with Gasteiger partial charge in [0.05, 0.1) is 11.8 Å². The highest BCUT2D eigenvalue weighted by Gasteiger charge is 2.29. The third-order valence-electron chi connectivity index (χ3n) is 2.23. The van der Waals surface area contributed by atoms with Crippen molar-refractivity contribution in [2.24, 2.45) is 0 Å². The number of aliphatic hydroxyl groups excluding tert-OH is 1. The molecule has 0 saturated heterocycles. The molecular formula is C10H14FNO2. The van der Waals surface area contributed by atoms with Gasteiger partial charge in [-0.05, 0) is 19.9 Å². The SMILES string of the molecule is COC(C)(C)C(O)c1cncc(F)c1. The summed E-state index contributed by atoms with van der Waals surface area (Å²) in [5, 5.41) is 9.84. The maximum atomic E-state index is 12.8. The highest BCUT2D eigenvalue weighted by Crippen LogP contribution is 2.27. The van der Waals surface area contributed by atoms with Gasteiger partial charge in [0.2, 0.25) is 0 Å². The van der Waals surface area contributed by atoms with Crippen LogP contribution < -0.4 is 0 Å². The van der Waals surface area contributed by atoms with E-state index >= 15 is 0 Å². The van der Waals surface area contributed by atoms with Crippen molar-refractivity contribution in [3.63, 3.8) is 0 Å². The summed E-state index contributed by atoms with van der Waals surface area (Å²) in [7, 11) is 1.50. The number of pyridine rings is 1. The van der Waals surface area contributed by atoms with E-state index in [1.165, 1.54) is 19.4 Å². The zero-order valence-electron chi connectivity index (χ0n) is 8.49. The predicted molar refractivity (Wildman–Crippen MR) is 50.2 cm³/mol. The smallest absolute Gasteiger partial charge is 0.141 e. The van der Waals surface area contributed by atoms with Crippen molar-refractivity contribution < 1.29 is 14.2 Å². The van der Waals surface area contributed by atoms with Crippen LogP contribution in [0.4, 0.5) is 4.39 Å². The van der Waals surface area contributed by atoms with Crippen LogP contribution in [-0.2, 0) is 4.74 Å². The molecule has 1 unspecified atom stereocenters. The molecule has 0 aliphatic rings. The van der Waals surface area contributed by atoms with E-state index in [1.807, 2.05) is 0 Å². The van der Waals surface area contributed by atoms with Crippen LogP contribution >= 0.6 is 0 Å². The van der Waals surface area contributed by atoms with Crippen LogP contribution in [0.3, 0.4) is 0 Å². The third kappa shape index (κ3) is 2.27. The highest BCUT2D eigenvalue weighted by atomic mass is 19.1. The number of hydrogen-bond acceptors (Lipinski definition) is 3. The van der Waals surface area contributed by atoms with Crippen LogP contribution in [0.5, 0.6) is 0 Å². The van der Waals surface area contributed by atoms with E-state index in [9.17, 15) is 9.50 Å². The second-order valence-corrected chi connectivity index (χ2v) is 3.65. The standard InChI is InChI=1S/C10H14FNO2/c1-10(2,14-3)9(13)7-4-8(11)6-12-5-7/h4-6,9,13H,1-3H3. The number of aromatic nitrogens is 1. The lowest BCUT2D eigenvalue weighted by Crippen LogP contribution is -2.31. The van der Waals surface area contributed by atoms with Gasteiger partial charge in [-0.1, -0.05) is 0 Å². The lowest BCUT2D eigenvalue weighted by Gasteiger charge is -2.28. The first kappa shape index (κ1) is 11.1. The largest absolute Gasteiger partial charge is 0.385 e. The van der Waals surface area contributed by atoms with Gasteiger partial charge in [-0.25, -0.2) is 4.39 Å². The zero-order valence-corrected chi connectivity index (χ0v) is 8.49. The summed E-state index contributed by atoms with van der Waals surface area (Å²) in [6, 6.07) is 1.25. The van der Waals surface area contributed by atoms with Gasteiger partial charge in [-0.3, -0.25) is 4.98 Å². The molecule has 1 aromatic rings. The minimum atomic E-state index is -0.893. The Morgan fingerprint density at radius 3 is 2.64 bits per heavy atom. The molecule has 78 valence electrons. The van der Waals surface area contributed by atoms with Crippen molar-refractivity contribution in [1.82, 2.24) is 4.98 Å². The van der Waals surface area contributed by atoms with E-state index < -0.39 is 17.5 Å². The second kappa shape index (κ2) is 4.02. The van der Waals surface area contributed by atoms with E-state index in [-0.39, 0.29) is 0 Å². The molecule has 0 aromatic carbocycles. The molecule has 0 aliphatic heterocycles. The van der Waals surface area contributed by atoms with Gasteiger partial charge < -0.3 is 9.84 Å². The monoisotopic (exact) mass is 199 g/mol. The Kier molecular flexibility index (Phi) is 3.18. The summed E-state index contributed by atoms with van der Waals surface area (Å²) in [5.41, 5.74) is -0.341. The number of halogens is 1. The first-order valence-electron chi connectivity index (χ1n) is 4.31. The number of methoxy groups -OCH3 is 1. The fraction of sp³-hybridized carbons (Fsp3) is 0.500. The summed E-state index contributed by atoms with van der Waals surface area (Å²) in [4.78, 5) is 3.66. The second-order valence-electron chi connectivity index (χ2n) is 3.65. The lowest BCUT2D eigenvalue weighted by molar-refractivity contribution is -0.0795. The van der Waals surface area contributed by atoms with E-state index in [0.717, 1.165) is 6.20 Å². The van der Waals surface area contributed by atoms with E-state index in [1.54, 1.807) is 13.8 Å². The molecule has 0 fully saturated rings. The molecule has 3 nitrogen and oxygen atoms in total. The van der Waals surface area contributed by atoms with Gasteiger partial charge in [-0.15, -0.1) is 0 Å². The maximum Gasteiger partial charge on any atom is 0.141 e. The Balaban J connectivity index is 2.94. The predicted octanol–water partition coefficient (Wildman–Crippen LogP) is 1.68. The molecule has 1 rings (SSSR count). The van der Waals surface area contributed by atoms with Crippen molar-refractivity contribution >= 4 is 0 Å². The molecule has 0 spiro atoms. The van der Waals surface area contributed by atoms with Crippen LogP contribution in [0.1, 0.15) is 25.5 Å². The average molecular weight is 199 g/mol. The molecule has 1 aromatic heterocycles. The first-order valence-corrected chi connectivity index (χ1v) is 4.31. The summed E-state index contributed by atoms with van der Waals surface area (Å²) >= 11 is 0. The van der Waals surface area contributed by atoms with Crippen LogP contribution in [0, 0.1) is 5.82 Å². The third-order valence-corrected chi connectivity index (χ3v) is 2.23. The topological polar surface area (TPSA) is 42.4 Å². The van der Waals surface area contributed by atoms with Crippen LogP contribution in [0.25, 0.3) is 0 Å². The van der Waals surface area contributed by atoms with Crippen molar-refractivity contribution in [3.05, 3.63) is 29.8 Å². The molecule has 0 saturated carbocycles. The minimum Gasteiger partial charge on any atom is -0.385 e. The van der Waals surface area contributed by atoms with Crippen LogP contribution in [0.15, 0.2) is 18.5 Å². The number of aliphatic hydroxyl groups is 1. The fourth-order valence-corrected chi connectivity index (χ4v) is 1.09. The Bertz CT molecular complexity index is 315. The average Bonchev–Trinajstić information content (AvgIpc) is 2.16. The highest BCUT2D eigenvalue weighted by molar-refractivity contribution is 5.16. The molecule has 0 amide bonds. The lowest BCUT2D eigenvalue weighted by atomic mass is 9.96. The summed E-state index contributed by atoms with van der Waals surface area (Å²) < 4.78 is 17.9. The first-order chi connectivity index (χ1) is 6.47. The molecule has 14 heavy (non-hydrogen) atoms. The Labute approximate surface area is 82.5 Å². The van der Waals surface area contributed by atoms with E-state index in [0.29, 0.717) is 5.56 Å². The summed E-state index contributed by atoms with van der Waals surface area (Å²) in [6.07, 6.45) is 1.63. The molecule has 1 N–H and O–H groups in total. The van der Waals surface area contributed by atoms with Crippen molar-refractivity contribution in [2.45, 2.75) is 25.6 Å². The summed E-state index contributed by atoms with van der Waals surface area (Å²) in [5.74, 6) is -0.464. The minimum absolute atomic E-state index is 0.414. The van der Waals surface area contributed by atoms with Gasteiger partial charge in [0, 0.05) is 18.9 Å². The molecule has 1 heterocycles. The van der Waals surface area contributed by atoms with Gasteiger partial charge in [-0.2, -0.15) is 0 Å².